The number of aromatic nitrogens is 1. The number of nitrogens with one attached hydrogen (secondary N) is 1. The molecule has 1 aromatic carbocycles. The monoisotopic (exact) mass is 272 g/mol. The van der Waals surface area contributed by atoms with Crippen LogP contribution in [-0.4, -0.2) is 40.6 Å². The summed E-state index contributed by atoms with van der Waals surface area (Å²) in [6.07, 6.45) is 3.29. The molecule has 0 aliphatic carbocycles. The van der Waals surface area contributed by atoms with Gasteiger partial charge in [0.25, 0.3) is 0 Å². The van der Waals surface area contributed by atoms with Crippen LogP contribution in [0.1, 0.15) is 17.5 Å². The molecule has 3 rings (SSSR count). The van der Waals surface area contributed by atoms with Crippen LogP contribution < -0.4 is 0 Å². The third-order valence-corrected chi connectivity index (χ3v) is 4.23. The van der Waals surface area contributed by atoms with Crippen LogP contribution in [0.3, 0.4) is 0 Å². The average molecular weight is 272 g/mol. The minimum absolute atomic E-state index is 0.158. The second kappa shape index (κ2) is 5.29. The zero-order valence-corrected chi connectivity index (χ0v) is 11.7. The molecule has 0 saturated carbocycles. The number of H-pyrrole nitrogens is 1. The third kappa shape index (κ3) is 2.31. The molecule has 1 aromatic heterocycles. The number of aliphatic hydroxyl groups is 1. The molecule has 2 aromatic rings. The van der Waals surface area contributed by atoms with Gasteiger partial charge in [0.15, 0.2) is 0 Å². The number of fused-ring (bicyclic) bond motifs is 1. The zero-order chi connectivity index (χ0) is 14.1. The lowest BCUT2D eigenvalue weighted by Crippen LogP contribution is -2.30. The van der Waals surface area contributed by atoms with Crippen LogP contribution in [0.2, 0.25) is 0 Å². The van der Waals surface area contributed by atoms with E-state index < -0.39 is 0 Å². The van der Waals surface area contributed by atoms with Crippen molar-refractivity contribution in [3.63, 3.8) is 0 Å². The first-order valence-electron chi connectivity index (χ1n) is 7.13. The van der Waals surface area contributed by atoms with Gasteiger partial charge in [0, 0.05) is 42.7 Å². The summed E-state index contributed by atoms with van der Waals surface area (Å²) >= 11 is 0. The second-order valence-electron chi connectivity index (χ2n) is 5.67. The molecule has 1 fully saturated rings. The van der Waals surface area contributed by atoms with Gasteiger partial charge in [-0.15, -0.1) is 0 Å². The number of amides is 1. The summed E-state index contributed by atoms with van der Waals surface area (Å²) in [5, 5.41) is 10.3. The Morgan fingerprint density at radius 3 is 3.10 bits per heavy atom. The molecule has 4 nitrogen and oxygen atoms in total. The molecule has 1 amide bonds. The lowest BCUT2D eigenvalue weighted by Gasteiger charge is -2.16. The van der Waals surface area contributed by atoms with Gasteiger partial charge in [-0.2, -0.15) is 0 Å². The predicted octanol–water partition coefficient (Wildman–Crippen LogP) is 1.86. The highest BCUT2D eigenvalue weighted by atomic mass is 16.3. The van der Waals surface area contributed by atoms with Crippen molar-refractivity contribution >= 4 is 16.8 Å². The Morgan fingerprint density at radius 2 is 2.35 bits per heavy atom. The molecule has 106 valence electrons. The predicted molar refractivity (Wildman–Crippen MR) is 78.5 cm³/mol. The number of nitrogens with zero attached hydrogens (tertiary/aromatic N) is 1. The van der Waals surface area contributed by atoms with Crippen LogP contribution in [0.25, 0.3) is 10.9 Å². The van der Waals surface area contributed by atoms with E-state index in [0.29, 0.717) is 13.0 Å². The fraction of sp³-hybridized carbons (Fsp3) is 0.438. The quantitative estimate of drug-likeness (QED) is 0.896. The maximum atomic E-state index is 12.4. The summed E-state index contributed by atoms with van der Waals surface area (Å²) in [4.78, 5) is 17.5. The zero-order valence-electron chi connectivity index (χ0n) is 11.7. The highest BCUT2D eigenvalue weighted by Gasteiger charge is 2.26. The molecule has 1 unspecified atom stereocenters. The number of aliphatic hydroxyl groups excluding tert-OH is 1. The molecule has 2 N–H and O–H groups in total. The number of carbonyl (C=O) groups is 1. The van der Waals surface area contributed by atoms with Gasteiger partial charge in [-0.25, -0.2) is 0 Å². The molecule has 0 radical (unpaired) electrons. The van der Waals surface area contributed by atoms with E-state index >= 15 is 0 Å². The van der Waals surface area contributed by atoms with Crippen molar-refractivity contribution in [2.45, 2.75) is 19.8 Å². The van der Waals surface area contributed by atoms with Crippen molar-refractivity contribution in [1.29, 1.82) is 0 Å². The Kier molecular flexibility index (Phi) is 3.49. The third-order valence-electron chi connectivity index (χ3n) is 4.23. The normalized spacial score (nSPS) is 18.9. The minimum atomic E-state index is 0.158. The van der Waals surface area contributed by atoms with Crippen LogP contribution in [0.4, 0.5) is 0 Å². The number of rotatable bonds is 3. The molecule has 1 atom stereocenters. The summed E-state index contributed by atoms with van der Waals surface area (Å²) in [7, 11) is 0. The van der Waals surface area contributed by atoms with Gasteiger partial charge in [-0.3, -0.25) is 4.79 Å². The second-order valence-corrected chi connectivity index (χ2v) is 5.67. The van der Waals surface area contributed by atoms with Crippen molar-refractivity contribution in [3.8, 4) is 0 Å². The van der Waals surface area contributed by atoms with Crippen molar-refractivity contribution in [2.75, 3.05) is 19.7 Å². The molecule has 2 heterocycles. The lowest BCUT2D eigenvalue weighted by atomic mass is 10.1. The molecule has 4 heteroatoms. The molecule has 0 bridgehead atoms. The van der Waals surface area contributed by atoms with Gasteiger partial charge in [0.2, 0.25) is 5.91 Å². The highest BCUT2D eigenvalue weighted by Crippen LogP contribution is 2.24. The smallest absolute Gasteiger partial charge is 0.227 e. The van der Waals surface area contributed by atoms with Crippen LogP contribution >= 0.6 is 0 Å². The summed E-state index contributed by atoms with van der Waals surface area (Å²) in [5.41, 5.74) is 3.35. The van der Waals surface area contributed by atoms with E-state index in [2.05, 4.69) is 18.0 Å². The molecule has 1 saturated heterocycles. The Labute approximate surface area is 118 Å². The van der Waals surface area contributed by atoms with E-state index in [1.165, 1.54) is 10.9 Å². The van der Waals surface area contributed by atoms with Gasteiger partial charge in [-0.1, -0.05) is 12.1 Å². The van der Waals surface area contributed by atoms with E-state index in [1.807, 2.05) is 23.2 Å². The molecule has 0 spiro atoms. The van der Waals surface area contributed by atoms with Crippen LogP contribution in [0.5, 0.6) is 0 Å². The van der Waals surface area contributed by atoms with Crippen LogP contribution in [0.15, 0.2) is 24.4 Å². The van der Waals surface area contributed by atoms with E-state index in [1.54, 1.807) is 0 Å². The Bertz CT molecular complexity index is 632. The SMILES string of the molecule is Cc1cccc2[nH]cc(CC(=O)N3CCC(CO)C3)c12. The highest BCUT2D eigenvalue weighted by molar-refractivity contribution is 5.91. The van der Waals surface area contributed by atoms with Crippen molar-refractivity contribution < 1.29 is 9.90 Å². The van der Waals surface area contributed by atoms with Gasteiger partial charge >= 0.3 is 0 Å². The summed E-state index contributed by atoms with van der Waals surface area (Å²) in [6, 6.07) is 6.13. The first-order valence-corrected chi connectivity index (χ1v) is 7.13. The molecular formula is C16H20N2O2. The van der Waals surface area contributed by atoms with Crippen molar-refractivity contribution in [1.82, 2.24) is 9.88 Å². The van der Waals surface area contributed by atoms with E-state index in [0.717, 1.165) is 24.0 Å². The number of aromatic amines is 1. The number of likely N-dealkylation sites (tertiary alicyclic amines) is 1. The van der Waals surface area contributed by atoms with E-state index in [-0.39, 0.29) is 18.4 Å². The Balaban J connectivity index is 1.78. The minimum Gasteiger partial charge on any atom is -0.396 e. The maximum Gasteiger partial charge on any atom is 0.227 e. The van der Waals surface area contributed by atoms with Gasteiger partial charge < -0.3 is 15.0 Å². The lowest BCUT2D eigenvalue weighted by molar-refractivity contribution is -0.129. The summed E-state index contributed by atoms with van der Waals surface area (Å²) in [5.74, 6) is 0.411. The van der Waals surface area contributed by atoms with Crippen molar-refractivity contribution in [2.24, 2.45) is 5.92 Å². The number of benzene rings is 1. The van der Waals surface area contributed by atoms with Crippen LogP contribution in [-0.2, 0) is 11.2 Å². The summed E-state index contributed by atoms with van der Waals surface area (Å²) in [6.45, 7) is 3.71. The van der Waals surface area contributed by atoms with Gasteiger partial charge in [0.05, 0.1) is 6.42 Å². The van der Waals surface area contributed by atoms with Crippen LogP contribution in [0, 0.1) is 12.8 Å². The number of carbonyl (C=O) groups excluding carboxylic acids is 1. The first-order chi connectivity index (χ1) is 9.69. The number of hydrogen-bond acceptors (Lipinski definition) is 2. The molecular weight excluding hydrogens is 252 g/mol. The maximum absolute atomic E-state index is 12.4. The largest absolute Gasteiger partial charge is 0.396 e. The van der Waals surface area contributed by atoms with E-state index in [4.69, 9.17) is 5.11 Å². The van der Waals surface area contributed by atoms with Gasteiger partial charge in [0.1, 0.15) is 0 Å². The van der Waals surface area contributed by atoms with E-state index in [9.17, 15) is 4.79 Å². The standard InChI is InChI=1S/C16H20N2O2/c1-11-3-2-4-14-16(11)13(8-17-14)7-15(20)18-6-5-12(9-18)10-19/h2-4,8,12,17,19H,5-7,9-10H2,1H3. The van der Waals surface area contributed by atoms with Gasteiger partial charge in [-0.05, 0) is 30.5 Å². The number of hydrogen-bond donors (Lipinski definition) is 2. The fourth-order valence-corrected chi connectivity index (χ4v) is 3.07. The topological polar surface area (TPSA) is 56.3 Å². The number of aryl methyl sites for hydroxylation is 1. The molecule has 20 heavy (non-hydrogen) atoms. The Morgan fingerprint density at radius 1 is 1.50 bits per heavy atom. The Hall–Kier alpha value is -1.81. The fourth-order valence-electron chi connectivity index (χ4n) is 3.07. The average Bonchev–Trinajstić information content (AvgIpc) is 3.06. The molecule has 1 aliphatic heterocycles. The first kappa shape index (κ1) is 13.2. The summed E-state index contributed by atoms with van der Waals surface area (Å²) < 4.78 is 0. The van der Waals surface area contributed by atoms with Crippen molar-refractivity contribution in [3.05, 3.63) is 35.5 Å². The molecule has 1 aliphatic rings.